The summed E-state index contributed by atoms with van der Waals surface area (Å²) in [5.74, 6) is -0.359. The molecule has 4 rings (SSSR count). The lowest BCUT2D eigenvalue weighted by Crippen LogP contribution is -2.41. The van der Waals surface area contributed by atoms with Gasteiger partial charge in [0.1, 0.15) is 11.6 Å². The number of anilines is 1. The van der Waals surface area contributed by atoms with Gasteiger partial charge in [-0.25, -0.2) is 17.4 Å². The van der Waals surface area contributed by atoms with Crippen molar-refractivity contribution in [2.75, 3.05) is 11.4 Å². The molecule has 2 aromatic heterocycles. The van der Waals surface area contributed by atoms with E-state index in [4.69, 9.17) is 17.3 Å². The molecule has 1 aliphatic rings. The molecule has 1 amide bonds. The first kappa shape index (κ1) is 18.7. The standard InChI is InChI=1S/C18H18ClN5O3S/c19-18-21-13-8-10-24(28(26,27)11-12-5-2-1-3-6-12)15(13)17(22-18)23-9-4-7-14(23)16(20)25/h1-3,5-6,8,10,14H,4,7,9,11H2,(H2,20,25)/t14-/m0/s1. The molecule has 146 valence electrons. The molecule has 0 spiro atoms. The van der Waals surface area contributed by atoms with Gasteiger partial charge in [-0.15, -0.1) is 0 Å². The van der Waals surface area contributed by atoms with Crippen LogP contribution in [0.25, 0.3) is 11.0 Å². The van der Waals surface area contributed by atoms with Gasteiger partial charge in [0.2, 0.25) is 21.2 Å². The molecule has 3 heterocycles. The van der Waals surface area contributed by atoms with Crippen molar-refractivity contribution in [1.29, 1.82) is 0 Å². The number of nitrogens with zero attached hydrogens (tertiary/aromatic N) is 4. The maximum absolute atomic E-state index is 13.1. The number of carbonyl (C=O) groups is 1. The molecule has 1 fully saturated rings. The number of carbonyl (C=O) groups excluding carboxylic acids is 1. The van der Waals surface area contributed by atoms with Crippen LogP contribution >= 0.6 is 11.6 Å². The van der Waals surface area contributed by atoms with Crippen LogP contribution in [0.2, 0.25) is 5.28 Å². The molecule has 3 aromatic rings. The highest BCUT2D eigenvalue weighted by Gasteiger charge is 2.33. The summed E-state index contributed by atoms with van der Waals surface area (Å²) in [7, 11) is -3.75. The van der Waals surface area contributed by atoms with Gasteiger partial charge in [-0.2, -0.15) is 4.98 Å². The highest BCUT2D eigenvalue weighted by Crippen LogP contribution is 2.33. The molecule has 1 atom stereocenters. The third-order valence-electron chi connectivity index (χ3n) is 4.80. The molecular weight excluding hydrogens is 402 g/mol. The summed E-state index contributed by atoms with van der Waals surface area (Å²) in [4.78, 5) is 22.0. The summed E-state index contributed by atoms with van der Waals surface area (Å²) in [6, 6.07) is 9.91. The summed E-state index contributed by atoms with van der Waals surface area (Å²) >= 11 is 6.06. The molecule has 0 radical (unpaired) electrons. The summed E-state index contributed by atoms with van der Waals surface area (Å²) in [5.41, 5.74) is 6.88. The van der Waals surface area contributed by atoms with Gasteiger partial charge in [-0.3, -0.25) is 4.79 Å². The third-order valence-corrected chi connectivity index (χ3v) is 6.57. The van der Waals surface area contributed by atoms with Gasteiger partial charge in [0.05, 0.1) is 11.3 Å². The Morgan fingerprint density at radius 3 is 2.68 bits per heavy atom. The maximum atomic E-state index is 13.1. The van der Waals surface area contributed by atoms with E-state index in [-0.39, 0.29) is 11.0 Å². The van der Waals surface area contributed by atoms with E-state index in [1.165, 1.54) is 6.20 Å². The van der Waals surface area contributed by atoms with Crippen LogP contribution in [0.1, 0.15) is 18.4 Å². The molecule has 0 unspecified atom stereocenters. The topological polar surface area (TPSA) is 111 Å². The normalized spacial score (nSPS) is 17.3. The van der Waals surface area contributed by atoms with Gasteiger partial charge in [-0.1, -0.05) is 30.3 Å². The number of rotatable bonds is 5. The van der Waals surface area contributed by atoms with Gasteiger partial charge in [0.25, 0.3) is 0 Å². The van der Waals surface area contributed by atoms with E-state index >= 15 is 0 Å². The molecule has 10 heteroatoms. The minimum atomic E-state index is -3.75. The number of fused-ring (bicyclic) bond motifs is 1. The van der Waals surface area contributed by atoms with Crippen LogP contribution in [-0.4, -0.2) is 40.9 Å². The molecule has 0 aliphatic carbocycles. The van der Waals surface area contributed by atoms with Crippen LogP contribution in [0, 0.1) is 0 Å². The minimum absolute atomic E-state index is 0.0178. The number of amides is 1. The summed E-state index contributed by atoms with van der Waals surface area (Å²) < 4.78 is 27.4. The van der Waals surface area contributed by atoms with Gasteiger partial charge in [-0.05, 0) is 36.1 Å². The molecule has 8 nitrogen and oxygen atoms in total. The second-order valence-electron chi connectivity index (χ2n) is 6.66. The fourth-order valence-corrected chi connectivity index (χ4v) is 5.20. The Morgan fingerprint density at radius 2 is 1.96 bits per heavy atom. The zero-order chi connectivity index (χ0) is 19.9. The van der Waals surface area contributed by atoms with Crippen molar-refractivity contribution in [2.24, 2.45) is 5.73 Å². The Balaban J connectivity index is 1.86. The van der Waals surface area contributed by atoms with E-state index in [0.29, 0.717) is 35.4 Å². The van der Waals surface area contributed by atoms with Crippen LogP contribution in [0.4, 0.5) is 5.82 Å². The lowest BCUT2D eigenvalue weighted by atomic mass is 10.2. The number of primary amides is 1. The average molecular weight is 420 g/mol. The molecule has 1 aromatic carbocycles. The van der Waals surface area contributed by atoms with Gasteiger partial charge < -0.3 is 10.6 Å². The number of benzene rings is 1. The van der Waals surface area contributed by atoms with Crippen molar-refractivity contribution in [2.45, 2.75) is 24.6 Å². The molecule has 28 heavy (non-hydrogen) atoms. The van der Waals surface area contributed by atoms with Crippen LogP contribution in [-0.2, 0) is 20.6 Å². The average Bonchev–Trinajstić information content (AvgIpc) is 3.29. The van der Waals surface area contributed by atoms with Gasteiger partial charge in [0.15, 0.2) is 5.82 Å². The lowest BCUT2D eigenvalue weighted by molar-refractivity contribution is -0.119. The molecule has 2 N–H and O–H groups in total. The highest BCUT2D eigenvalue weighted by molar-refractivity contribution is 7.89. The number of aromatic nitrogens is 3. The van der Waals surface area contributed by atoms with Crippen molar-refractivity contribution < 1.29 is 13.2 Å². The Labute approximate surface area is 167 Å². The van der Waals surface area contributed by atoms with Crippen LogP contribution in [0.15, 0.2) is 42.6 Å². The molecule has 0 bridgehead atoms. The Hall–Kier alpha value is -2.65. The second-order valence-corrected chi connectivity index (χ2v) is 8.84. The highest BCUT2D eigenvalue weighted by atomic mass is 35.5. The zero-order valence-electron chi connectivity index (χ0n) is 14.8. The first-order valence-corrected chi connectivity index (χ1v) is 10.7. The van der Waals surface area contributed by atoms with E-state index in [9.17, 15) is 13.2 Å². The third kappa shape index (κ3) is 3.31. The Bertz CT molecular complexity index is 1150. The van der Waals surface area contributed by atoms with E-state index in [1.54, 1.807) is 35.2 Å². The number of halogens is 1. The summed E-state index contributed by atoms with van der Waals surface area (Å²) in [6.45, 7) is 0.528. The predicted octanol–water partition coefficient (Wildman–Crippen LogP) is 1.92. The zero-order valence-corrected chi connectivity index (χ0v) is 16.4. The first-order valence-electron chi connectivity index (χ1n) is 8.74. The SMILES string of the molecule is NC(=O)[C@@H]1CCCN1c1nc(Cl)nc2ccn(S(=O)(=O)Cc3ccccc3)c12. The van der Waals surface area contributed by atoms with Crippen molar-refractivity contribution >= 4 is 44.4 Å². The quantitative estimate of drug-likeness (QED) is 0.632. The van der Waals surface area contributed by atoms with E-state index in [0.717, 1.165) is 10.4 Å². The molecule has 1 aliphatic heterocycles. The van der Waals surface area contributed by atoms with E-state index < -0.39 is 22.0 Å². The molecule has 1 saturated heterocycles. The predicted molar refractivity (Wildman–Crippen MR) is 107 cm³/mol. The second kappa shape index (κ2) is 7.06. The summed E-state index contributed by atoms with van der Waals surface area (Å²) in [5, 5.41) is -0.0178. The Kier molecular flexibility index (Phi) is 4.72. The first-order chi connectivity index (χ1) is 13.4. The maximum Gasteiger partial charge on any atom is 0.243 e. The smallest absolute Gasteiger partial charge is 0.243 e. The van der Waals surface area contributed by atoms with Crippen molar-refractivity contribution in [3.8, 4) is 0 Å². The molecular formula is C18H18ClN5O3S. The number of nitrogens with two attached hydrogens (primary N) is 1. The van der Waals surface area contributed by atoms with Crippen molar-refractivity contribution in [3.05, 3.63) is 53.4 Å². The minimum Gasteiger partial charge on any atom is -0.368 e. The van der Waals surface area contributed by atoms with Crippen molar-refractivity contribution in [1.82, 2.24) is 13.9 Å². The summed E-state index contributed by atoms with van der Waals surface area (Å²) in [6.07, 6.45) is 2.76. The molecule has 0 saturated carbocycles. The lowest BCUT2D eigenvalue weighted by Gasteiger charge is -2.24. The Morgan fingerprint density at radius 1 is 1.21 bits per heavy atom. The van der Waals surface area contributed by atoms with Crippen molar-refractivity contribution in [3.63, 3.8) is 0 Å². The fraction of sp³-hybridized carbons (Fsp3) is 0.278. The van der Waals surface area contributed by atoms with E-state index in [2.05, 4.69) is 9.97 Å². The van der Waals surface area contributed by atoms with Gasteiger partial charge >= 0.3 is 0 Å². The fourth-order valence-electron chi connectivity index (χ4n) is 3.58. The number of hydrogen-bond donors (Lipinski definition) is 1. The largest absolute Gasteiger partial charge is 0.368 e. The van der Waals surface area contributed by atoms with Crippen LogP contribution in [0.3, 0.4) is 0 Å². The van der Waals surface area contributed by atoms with Crippen LogP contribution < -0.4 is 10.6 Å². The monoisotopic (exact) mass is 419 g/mol. The van der Waals surface area contributed by atoms with Gasteiger partial charge in [0, 0.05) is 12.7 Å². The number of hydrogen-bond acceptors (Lipinski definition) is 6. The van der Waals surface area contributed by atoms with Crippen LogP contribution in [0.5, 0.6) is 0 Å². The van der Waals surface area contributed by atoms with E-state index in [1.807, 2.05) is 6.07 Å².